The second-order valence-corrected chi connectivity index (χ2v) is 7.67. The molecule has 0 aromatic carbocycles. The Labute approximate surface area is 144 Å². The number of aliphatic hydroxyl groups is 1. The van der Waals surface area contributed by atoms with E-state index in [0.717, 1.165) is 30.6 Å². The van der Waals surface area contributed by atoms with Crippen molar-refractivity contribution in [2.24, 2.45) is 5.92 Å². The lowest BCUT2D eigenvalue weighted by molar-refractivity contribution is 0.0897. The molecule has 130 valence electrons. The molecular formula is C17H23N3O3S. The van der Waals surface area contributed by atoms with Gasteiger partial charge in [-0.25, -0.2) is 4.98 Å². The van der Waals surface area contributed by atoms with Gasteiger partial charge < -0.3 is 10.4 Å². The lowest BCUT2D eigenvalue weighted by Crippen LogP contribution is -2.43. The minimum absolute atomic E-state index is 0.0292. The number of aryl methyl sites for hydroxylation is 1. The Kier molecular flexibility index (Phi) is 5.30. The summed E-state index contributed by atoms with van der Waals surface area (Å²) < 4.78 is 1.43. The second kappa shape index (κ2) is 7.44. The highest BCUT2D eigenvalue weighted by Crippen LogP contribution is 2.27. The van der Waals surface area contributed by atoms with Crippen LogP contribution in [0.3, 0.4) is 0 Å². The first-order valence-corrected chi connectivity index (χ1v) is 9.31. The molecule has 0 bridgehead atoms. The third-order valence-electron chi connectivity index (χ3n) is 4.74. The van der Waals surface area contributed by atoms with Gasteiger partial charge in [0.2, 0.25) is 0 Å². The summed E-state index contributed by atoms with van der Waals surface area (Å²) in [6.45, 7) is 1.93. The molecule has 7 heteroatoms. The molecule has 0 spiro atoms. The summed E-state index contributed by atoms with van der Waals surface area (Å²) in [4.78, 5) is 30.9. The quantitative estimate of drug-likeness (QED) is 0.866. The lowest BCUT2D eigenvalue weighted by atomic mass is 9.82. The van der Waals surface area contributed by atoms with Crippen molar-refractivity contribution in [3.8, 4) is 0 Å². The van der Waals surface area contributed by atoms with Crippen molar-refractivity contribution in [3.05, 3.63) is 33.2 Å². The molecule has 2 heterocycles. The molecule has 2 aromatic heterocycles. The predicted molar refractivity (Wildman–Crippen MR) is 93.6 cm³/mol. The smallest absolute Gasteiger partial charge is 0.271 e. The van der Waals surface area contributed by atoms with E-state index in [-0.39, 0.29) is 23.8 Å². The summed E-state index contributed by atoms with van der Waals surface area (Å²) in [7, 11) is 0. The maximum atomic E-state index is 12.6. The van der Waals surface area contributed by atoms with Crippen LogP contribution in [-0.4, -0.2) is 33.0 Å². The average molecular weight is 349 g/mol. The highest BCUT2D eigenvalue weighted by Gasteiger charge is 2.26. The molecule has 1 saturated carbocycles. The summed E-state index contributed by atoms with van der Waals surface area (Å²) in [5.74, 6) is -0.0209. The van der Waals surface area contributed by atoms with Gasteiger partial charge in [0, 0.05) is 29.9 Å². The topological polar surface area (TPSA) is 83.7 Å². The van der Waals surface area contributed by atoms with Gasteiger partial charge >= 0.3 is 0 Å². The van der Waals surface area contributed by atoms with E-state index < -0.39 is 5.91 Å². The summed E-state index contributed by atoms with van der Waals surface area (Å²) in [6.07, 6.45) is 9.26. The van der Waals surface area contributed by atoms with Gasteiger partial charge in [-0.3, -0.25) is 14.0 Å². The standard InChI is InChI=1S/C17H23N3O3S/c1-11-10-20-16(23)13(9-18-17(20)24-11)15(22)19-14(7-8-21)12-5-3-2-4-6-12/h9-10,12,14,21H,2-8H2,1H3,(H,19,22). The van der Waals surface area contributed by atoms with Crippen molar-refractivity contribution in [2.45, 2.75) is 51.5 Å². The molecule has 2 N–H and O–H groups in total. The van der Waals surface area contributed by atoms with Crippen molar-refractivity contribution < 1.29 is 9.90 Å². The number of hydrogen-bond acceptors (Lipinski definition) is 5. The maximum Gasteiger partial charge on any atom is 0.271 e. The van der Waals surface area contributed by atoms with Gasteiger partial charge in [0.15, 0.2) is 4.96 Å². The highest BCUT2D eigenvalue weighted by atomic mass is 32.1. The number of hydrogen-bond donors (Lipinski definition) is 2. The van der Waals surface area contributed by atoms with Gasteiger partial charge in [0.25, 0.3) is 11.5 Å². The Balaban J connectivity index is 1.82. The zero-order valence-corrected chi connectivity index (χ0v) is 14.6. The van der Waals surface area contributed by atoms with Crippen LogP contribution in [0.25, 0.3) is 4.96 Å². The van der Waals surface area contributed by atoms with E-state index in [9.17, 15) is 14.7 Å². The third kappa shape index (κ3) is 3.52. The van der Waals surface area contributed by atoms with Crippen molar-refractivity contribution in [1.82, 2.24) is 14.7 Å². The van der Waals surface area contributed by atoms with Crippen LogP contribution in [0.5, 0.6) is 0 Å². The Morgan fingerprint density at radius 1 is 1.46 bits per heavy atom. The van der Waals surface area contributed by atoms with Gasteiger partial charge in [0.1, 0.15) is 5.56 Å². The number of carbonyl (C=O) groups is 1. The van der Waals surface area contributed by atoms with Gasteiger partial charge in [-0.05, 0) is 32.1 Å². The number of nitrogens with zero attached hydrogens (tertiary/aromatic N) is 2. The van der Waals surface area contributed by atoms with E-state index in [2.05, 4.69) is 10.3 Å². The number of rotatable bonds is 5. The van der Waals surface area contributed by atoms with Crippen LogP contribution in [0.15, 0.2) is 17.2 Å². The molecule has 1 fully saturated rings. The Morgan fingerprint density at radius 2 is 2.21 bits per heavy atom. The average Bonchev–Trinajstić information content (AvgIpc) is 2.97. The normalized spacial score (nSPS) is 17.1. The third-order valence-corrected chi connectivity index (χ3v) is 5.65. The van der Waals surface area contributed by atoms with E-state index >= 15 is 0 Å². The Morgan fingerprint density at radius 3 is 2.92 bits per heavy atom. The SMILES string of the molecule is Cc1cn2c(=O)c(C(=O)NC(CCO)C3CCCCC3)cnc2s1. The van der Waals surface area contributed by atoms with E-state index in [1.165, 1.54) is 28.4 Å². The first-order valence-electron chi connectivity index (χ1n) is 8.49. The fraction of sp³-hybridized carbons (Fsp3) is 0.588. The van der Waals surface area contributed by atoms with Crippen molar-refractivity contribution in [3.63, 3.8) is 0 Å². The van der Waals surface area contributed by atoms with E-state index in [1.807, 2.05) is 6.92 Å². The number of thiazole rings is 1. The van der Waals surface area contributed by atoms with Crippen LogP contribution in [0, 0.1) is 12.8 Å². The van der Waals surface area contributed by atoms with Crippen LogP contribution in [0.2, 0.25) is 0 Å². The molecule has 1 amide bonds. The van der Waals surface area contributed by atoms with E-state index in [1.54, 1.807) is 6.20 Å². The lowest BCUT2D eigenvalue weighted by Gasteiger charge is -2.30. The highest BCUT2D eigenvalue weighted by molar-refractivity contribution is 7.16. The molecular weight excluding hydrogens is 326 g/mol. The Bertz CT molecular complexity index is 777. The molecule has 1 atom stereocenters. The van der Waals surface area contributed by atoms with Crippen LogP contribution in [0.1, 0.15) is 53.8 Å². The zero-order valence-electron chi connectivity index (χ0n) is 13.8. The summed E-state index contributed by atoms with van der Waals surface area (Å²) in [5, 5.41) is 12.3. The molecule has 6 nitrogen and oxygen atoms in total. The number of nitrogens with one attached hydrogen (secondary N) is 1. The minimum Gasteiger partial charge on any atom is -0.396 e. The van der Waals surface area contributed by atoms with E-state index in [4.69, 9.17) is 0 Å². The Hall–Kier alpha value is -1.73. The first kappa shape index (κ1) is 17.1. The number of fused-ring (bicyclic) bond motifs is 1. The fourth-order valence-electron chi connectivity index (χ4n) is 3.50. The molecule has 1 unspecified atom stereocenters. The second-order valence-electron chi connectivity index (χ2n) is 6.46. The molecule has 0 aliphatic heterocycles. The van der Waals surface area contributed by atoms with Gasteiger partial charge in [-0.1, -0.05) is 19.3 Å². The maximum absolute atomic E-state index is 12.6. The molecule has 0 saturated heterocycles. The molecule has 24 heavy (non-hydrogen) atoms. The number of amides is 1. The molecule has 1 aliphatic carbocycles. The largest absolute Gasteiger partial charge is 0.396 e. The summed E-state index contributed by atoms with van der Waals surface area (Å²) in [5.41, 5.74) is -0.280. The number of aliphatic hydroxyl groups excluding tert-OH is 1. The minimum atomic E-state index is -0.394. The molecule has 0 radical (unpaired) electrons. The molecule has 2 aromatic rings. The van der Waals surface area contributed by atoms with Crippen LogP contribution in [0.4, 0.5) is 0 Å². The van der Waals surface area contributed by atoms with Crippen LogP contribution in [-0.2, 0) is 0 Å². The van der Waals surface area contributed by atoms with Gasteiger partial charge in [-0.2, -0.15) is 0 Å². The first-order chi connectivity index (χ1) is 11.6. The van der Waals surface area contributed by atoms with Crippen LogP contribution >= 0.6 is 11.3 Å². The van der Waals surface area contributed by atoms with Crippen molar-refractivity contribution >= 4 is 22.2 Å². The fourth-order valence-corrected chi connectivity index (χ4v) is 4.28. The predicted octanol–water partition coefficient (Wildman–Crippen LogP) is 2.13. The molecule has 1 aliphatic rings. The van der Waals surface area contributed by atoms with Gasteiger partial charge in [0.05, 0.1) is 0 Å². The zero-order chi connectivity index (χ0) is 17.1. The number of carbonyl (C=O) groups excluding carboxylic acids is 1. The van der Waals surface area contributed by atoms with Crippen LogP contribution < -0.4 is 10.9 Å². The monoisotopic (exact) mass is 349 g/mol. The van der Waals surface area contributed by atoms with Crippen molar-refractivity contribution in [1.29, 1.82) is 0 Å². The summed E-state index contributed by atoms with van der Waals surface area (Å²) in [6, 6.07) is -0.0906. The van der Waals surface area contributed by atoms with E-state index in [0.29, 0.717) is 17.3 Å². The van der Waals surface area contributed by atoms with Crippen molar-refractivity contribution in [2.75, 3.05) is 6.61 Å². The number of aromatic nitrogens is 2. The van der Waals surface area contributed by atoms with Gasteiger partial charge in [-0.15, -0.1) is 11.3 Å². The summed E-state index contributed by atoms with van der Waals surface area (Å²) >= 11 is 1.42. The molecule has 3 rings (SSSR count).